The van der Waals surface area contributed by atoms with Gasteiger partial charge in [0.2, 0.25) is 0 Å². The number of nitrogens with zero attached hydrogens (tertiary/aromatic N) is 3. The summed E-state index contributed by atoms with van der Waals surface area (Å²) in [6.07, 6.45) is 4.61. The molecule has 2 aromatic carbocycles. The van der Waals surface area contributed by atoms with Gasteiger partial charge in [0, 0.05) is 25.7 Å². The third-order valence-corrected chi connectivity index (χ3v) is 5.47. The predicted octanol–water partition coefficient (Wildman–Crippen LogP) is 4.18. The van der Waals surface area contributed by atoms with Gasteiger partial charge in [-0.25, -0.2) is 9.97 Å². The van der Waals surface area contributed by atoms with Gasteiger partial charge in [0.15, 0.2) is 0 Å². The van der Waals surface area contributed by atoms with E-state index in [4.69, 9.17) is 0 Å². The molecule has 0 spiro atoms. The van der Waals surface area contributed by atoms with Crippen molar-refractivity contribution in [2.24, 2.45) is 5.92 Å². The smallest absolute Gasteiger partial charge is 0.272 e. The molecule has 0 unspecified atom stereocenters. The fourth-order valence-electron chi connectivity index (χ4n) is 3.81. The van der Waals surface area contributed by atoms with Crippen LogP contribution in [0.1, 0.15) is 34.5 Å². The van der Waals surface area contributed by atoms with Crippen molar-refractivity contribution < 1.29 is 4.79 Å². The summed E-state index contributed by atoms with van der Waals surface area (Å²) in [6.45, 7) is 2.23. The Balaban J connectivity index is 1.31. The molecular formula is C24H26N4O. The van der Waals surface area contributed by atoms with Crippen LogP contribution in [0.4, 0.5) is 5.82 Å². The molecule has 1 aliphatic rings. The van der Waals surface area contributed by atoms with Crippen molar-refractivity contribution in [1.29, 1.82) is 0 Å². The number of anilines is 1. The van der Waals surface area contributed by atoms with Crippen molar-refractivity contribution in [2.45, 2.75) is 25.8 Å². The minimum absolute atomic E-state index is 0.00618. The molecule has 1 aliphatic heterocycles. The van der Waals surface area contributed by atoms with E-state index in [1.165, 1.54) is 17.5 Å². The van der Waals surface area contributed by atoms with E-state index in [-0.39, 0.29) is 5.91 Å². The lowest BCUT2D eigenvalue weighted by Crippen LogP contribution is -2.39. The van der Waals surface area contributed by atoms with Crippen LogP contribution in [0.25, 0.3) is 0 Å². The first kappa shape index (κ1) is 19.1. The van der Waals surface area contributed by atoms with E-state index in [9.17, 15) is 4.79 Å². The van der Waals surface area contributed by atoms with Crippen LogP contribution in [0, 0.1) is 5.92 Å². The number of hydrogen-bond donors (Lipinski definition) is 1. The van der Waals surface area contributed by atoms with Crippen LogP contribution in [0.15, 0.2) is 73.1 Å². The van der Waals surface area contributed by atoms with Crippen LogP contribution in [0.2, 0.25) is 0 Å². The molecule has 1 aromatic heterocycles. The first-order valence-electron chi connectivity index (χ1n) is 10.2. The Morgan fingerprint density at radius 3 is 2.28 bits per heavy atom. The standard InChI is InChI=1S/C24H26N4O/c29-24(28-13-11-20(12-14-28)15-19-7-3-1-4-8-19)22-16-23(27-18-26-22)25-17-21-9-5-2-6-10-21/h1-10,16,18,20H,11-15,17H2,(H,25,26,27). The molecule has 5 heteroatoms. The van der Waals surface area contributed by atoms with Gasteiger partial charge in [-0.15, -0.1) is 0 Å². The molecule has 1 amide bonds. The molecule has 0 aliphatic carbocycles. The number of aromatic nitrogens is 2. The van der Waals surface area contributed by atoms with E-state index in [2.05, 4.69) is 57.7 Å². The van der Waals surface area contributed by atoms with Gasteiger partial charge < -0.3 is 10.2 Å². The van der Waals surface area contributed by atoms with Gasteiger partial charge in [-0.2, -0.15) is 0 Å². The summed E-state index contributed by atoms with van der Waals surface area (Å²) < 4.78 is 0. The molecule has 2 heterocycles. The molecule has 0 bridgehead atoms. The van der Waals surface area contributed by atoms with Crippen LogP contribution in [-0.4, -0.2) is 33.9 Å². The predicted molar refractivity (Wildman–Crippen MR) is 115 cm³/mol. The lowest BCUT2D eigenvalue weighted by atomic mass is 9.90. The molecule has 0 atom stereocenters. The number of likely N-dealkylation sites (tertiary alicyclic amines) is 1. The summed E-state index contributed by atoms with van der Waals surface area (Å²) in [4.78, 5) is 23.3. The Labute approximate surface area is 171 Å². The highest BCUT2D eigenvalue weighted by atomic mass is 16.2. The first-order valence-corrected chi connectivity index (χ1v) is 10.2. The molecule has 1 saturated heterocycles. The minimum atomic E-state index is -0.00618. The van der Waals surface area contributed by atoms with Crippen LogP contribution in [-0.2, 0) is 13.0 Å². The maximum absolute atomic E-state index is 12.9. The summed E-state index contributed by atoms with van der Waals surface area (Å²) in [6, 6.07) is 22.5. The highest BCUT2D eigenvalue weighted by Crippen LogP contribution is 2.23. The zero-order chi connectivity index (χ0) is 19.9. The lowest BCUT2D eigenvalue weighted by Gasteiger charge is -2.32. The van der Waals surface area contributed by atoms with Gasteiger partial charge in [0.05, 0.1) is 0 Å². The van der Waals surface area contributed by atoms with Crippen molar-refractivity contribution >= 4 is 11.7 Å². The Morgan fingerprint density at radius 2 is 1.59 bits per heavy atom. The number of piperidine rings is 1. The van der Waals surface area contributed by atoms with Crippen molar-refractivity contribution in [3.05, 3.63) is 89.9 Å². The zero-order valence-corrected chi connectivity index (χ0v) is 16.5. The van der Waals surface area contributed by atoms with E-state index in [1.807, 2.05) is 23.1 Å². The SMILES string of the molecule is O=C(c1cc(NCc2ccccc2)ncn1)N1CCC(Cc2ccccc2)CC1. The number of amides is 1. The van der Waals surface area contributed by atoms with E-state index in [0.29, 0.717) is 24.0 Å². The van der Waals surface area contributed by atoms with Crippen LogP contribution < -0.4 is 5.32 Å². The lowest BCUT2D eigenvalue weighted by molar-refractivity contribution is 0.0684. The average Bonchev–Trinajstić information content (AvgIpc) is 2.79. The molecule has 1 fully saturated rings. The van der Waals surface area contributed by atoms with Crippen molar-refractivity contribution in [3.63, 3.8) is 0 Å². The fraction of sp³-hybridized carbons (Fsp3) is 0.292. The Hall–Kier alpha value is -3.21. The molecule has 148 valence electrons. The van der Waals surface area contributed by atoms with E-state index in [0.717, 1.165) is 32.4 Å². The molecule has 1 N–H and O–H groups in total. The number of hydrogen-bond acceptors (Lipinski definition) is 4. The molecule has 29 heavy (non-hydrogen) atoms. The summed E-state index contributed by atoms with van der Waals surface area (Å²) in [5.74, 6) is 1.30. The minimum Gasteiger partial charge on any atom is -0.366 e. The van der Waals surface area contributed by atoms with Gasteiger partial charge in [-0.1, -0.05) is 60.7 Å². The maximum atomic E-state index is 12.9. The number of benzene rings is 2. The van der Waals surface area contributed by atoms with Gasteiger partial charge >= 0.3 is 0 Å². The molecule has 0 saturated carbocycles. The molecular weight excluding hydrogens is 360 g/mol. The van der Waals surface area contributed by atoms with Crippen molar-refractivity contribution in [3.8, 4) is 0 Å². The van der Waals surface area contributed by atoms with E-state index < -0.39 is 0 Å². The van der Waals surface area contributed by atoms with Crippen LogP contribution in [0.3, 0.4) is 0 Å². The van der Waals surface area contributed by atoms with Crippen LogP contribution in [0.5, 0.6) is 0 Å². The monoisotopic (exact) mass is 386 g/mol. The fourth-order valence-corrected chi connectivity index (χ4v) is 3.81. The van der Waals surface area contributed by atoms with Crippen LogP contribution >= 0.6 is 0 Å². The number of carbonyl (C=O) groups is 1. The molecule has 0 radical (unpaired) electrons. The normalized spacial score (nSPS) is 14.6. The summed E-state index contributed by atoms with van der Waals surface area (Å²) >= 11 is 0. The second-order valence-corrected chi connectivity index (χ2v) is 7.55. The summed E-state index contributed by atoms with van der Waals surface area (Å²) in [7, 11) is 0. The Morgan fingerprint density at radius 1 is 0.931 bits per heavy atom. The maximum Gasteiger partial charge on any atom is 0.272 e. The van der Waals surface area contributed by atoms with Gasteiger partial charge in [-0.05, 0) is 36.3 Å². The quantitative estimate of drug-likeness (QED) is 0.690. The average molecular weight is 386 g/mol. The molecule has 5 nitrogen and oxygen atoms in total. The second kappa shape index (κ2) is 9.32. The number of rotatable bonds is 6. The Kier molecular flexibility index (Phi) is 6.15. The van der Waals surface area contributed by atoms with Gasteiger partial charge in [0.25, 0.3) is 5.91 Å². The van der Waals surface area contributed by atoms with Crippen molar-refractivity contribution in [1.82, 2.24) is 14.9 Å². The van der Waals surface area contributed by atoms with Gasteiger partial charge in [-0.3, -0.25) is 4.79 Å². The van der Waals surface area contributed by atoms with Gasteiger partial charge in [0.1, 0.15) is 17.8 Å². The zero-order valence-electron chi connectivity index (χ0n) is 16.5. The number of nitrogens with one attached hydrogen (secondary N) is 1. The molecule has 4 rings (SSSR count). The molecule has 3 aromatic rings. The Bertz CT molecular complexity index is 922. The largest absolute Gasteiger partial charge is 0.366 e. The summed E-state index contributed by atoms with van der Waals surface area (Å²) in [5, 5.41) is 3.27. The second-order valence-electron chi connectivity index (χ2n) is 7.55. The third kappa shape index (κ3) is 5.19. The number of carbonyl (C=O) groups excluding carboxylic acids is 1. The topological polar surface area (TPSA) is 58.1 Å². The highest BCUT2D eigenvalue weighted by molar-refractivity contribution is 5.92. The summed E-state index contributed by atoms with van der Waals surface area (Å²) in [5.41, 5.74) is 3.00. The first-order chi connectivity index (χ1) is 14.3. The van der Waals surface area contributed by atoms with Crippen molar-refractivity contribution in [2.75, 3.05) is 18.4 Å². The highest BCUT2D eigenvalue weighted by Gasteiger charge is 2.24. The van der Waals surface area contributed by atoms with E-state index >= 15 is 0 Å². The van der Waals surface area contributed by atoms with E-state index in [1.54, 1.807) is 6.07 Å². The third-order valence-electron chi connectivity index (χ3n) is 5.47.